The maximum absolute atomic E-state index is 12.2. The Hall–Kier alpha value is -2.07. The standard InChI is InChI=1S/C15H14N2O2/c18-14(15(19)13-4-2-8-17-13)11-5-6-12-10(9-11)3-1-7-16-12/h1,3,5-7,9,13,17H,2,4,8H2. The fourth-order valence-electron chi connectivity index (χ4n) is 2.43. The van der Waals surface area contributed by atoms with Gasteiger partial charge in [0.15, 0.2) is 0 Å². The average Bonchev–Trinajstić information content (AvgIpc) is 2.99. The first-order valence-corrected chi connectivity index (χ1v) is 6.42. The first kappa shape index (κ1) is 12.0. The highest BCUT2D eigenvalue weighted by atomic mass is 16.2. The number of nitrogens with zero attached hydrogens (tertiary/aromatic N) is 1. The molecule has 0 aliphatic carbocycles. The minimum absolute atomic E-state index is 0.308. The van der Waals surface area contributed by atoms with Crippen LogP contribution in [0.1, 0.15) is 23.2 Å². The van der Waals surface area contributed by atoms with Crippen molar-refractivity contribution >= 4 is 22.5 Å². The van der Waals surface area contributed by atoms with Gasteiger partial charge >= 0.3 is 0 Å². The molecule has 0 saturated carbocycles. The molecule has 1 N–H and O–H groups in total. The largest absolute Gasteiger partial charge is 0.307 e. The number of ketones is 2. The molecule has 0 bridgehead atoms. The van der Waals surface area contributed by atoms with Crippen molar-refractivity contribution in [1.29, 1.82) is 0 Å². The second-order valence-corrected chi connectivity index (χ2v) is 4.75. The Labute approximate surface area is 110 Å². The number of rotatable bonds is 3. The van der Waals surface area contributed by atoms with Gasteiger partial charge in [0.05, 0.1) is 11.6 Å². The van der Waals surface area contributed by atoms with Crippen LogP contribution < -0.4 is 5.32 Å². The van der Waals surface area contributed by atoms with Crippen molar-refractivity contribution in [2.45, 2.75) is 18.9 Å². The minimum atomic E-state index is -0.412. The highest BCUT2D eigenvalue weighted by molar-refractivity contribution is 6.45. The molecule has 1 aliphatic heterocycles. The zero-order valence-electron chi connectivity index (χ0n) is 10.4. The second-order valence-electron chi connectivity index (χ2n) is 4.75. The third kappa shape index (κ3) is 2.27. The molecule has 96 valence electrons. The molecule has 1 unspecified atom stereocenters. The van der Waals surface area contributed by atoms with Crippen LogP contribution in [0.25, 0.3) is 10.9 Å². The predicted octanol–water partition coefficient (Wildman–Crippen LogP) is 1.74. The number of carbonyl (C=O) groups is 2. The van der Waals surface area contributed by atoms with Crippen LogP contribution in [0.3, 0.4) is 0 Å². The molecule has 0 radical (unpaired) electrons. The molecule has 1 aliphatic rings. The van der Waals surface area contributed by atoms with Gasteiger partial charge in [-0.05, 0) is 43.7 Å². The number of Topliss-reactive ketones (excluding diaryl/α,β-unsaturated/α-hetero) is 2. The lowest BCUT2D eigenvalue weighted by molar-refractivity contribution is -0.116. The Kier molecular flexibility index (Phi) is 3.09. The van der Waals surface area contributed by atoms with E-state index >= 15 is 0 Å². The first-order chi connectivity index (χ1) is 9.25. The van der Waals surface area contributed by atoms with E-state index in [1.165, 1.54) is 0 Å². The molecule has 1 fully saturated rings. The van der Waals surface area contributed by atoms with Gasteiger partial charge in [0.2, 0.25) is 11.6 Å². The van der Waals surface area contributed by atoms with Crippen LogP contribution in [0.5, 0.6) is 0 Å². The molecule has 3 rings (SSSR count). The van der Waals surface area contributed by atoms with Crippen LogP contribution in [-0.4, -0.2) is 29.1 Å². The summed E-state index contributed by atoms with van der Waals surface area (Å²) in [6, 6.07) is 8.57. The second kappa shape index (κ2) is 4.90. The van der Waals surface area contributed by atoms with E-state index in [4.69, 9.17) is 0 Å². The summed E-state index contributed by atoms with van der Waals surface area (Å²) in [5.74, 6) is -0.745. The molecule has 2 aromatic rings. The zero-order valence-corrected chi connectivity index (χ0v) is 10.4. The van der Waals surface area contributed by atoms with Crippen LogP contribution in [0.15, 0.2) is 36.5 Å². The summed E-state index contributed by atoms with van der Waals surface area (Å²) in [5, 5.41) is 3.94. The van der Waals surface area contributed by atoms with Crippen LogP contribution in [0, 0.1) is 0 Å². The maximum Gasteiger partial charge on any atom is 0.230 e. The highest BCUT2D eigenvalue weighted by Gasteiger charge is 2.28. The Morgan fingerprint density at radius 1 is 1.26 bits per heavy atom. The summed E-state index contributed by atoms with van der Waals surface area (Å²) in [7, 11) is 0. The topological polar surface area (TPSA) is 59.1 Å². The van der Waals surface area contributed by atoms with E-state index < -0.39 is 5.78 Å². The van der Waals surface area contributed by atoms with Gasteiger partial charge in [0, 0.05) is 17.1 Å². The normalized spacial score (nSPS) is 18.6. The SMILES string of the molecule is O=C(C(=O)C1CCCN1)c1ccc2ncccc2c1. The summed E-state index contributed by atoms with van der Waals surface area (Å²) >= 11 is 0. The van der Waals surface area contributed by atoms with E-state index in [0.29, 0.717) is 5.56 Å². The van der Waals surface area contributed by atoms with Gasteiger partial charge in [-0.3, -0.25) is 14.6 Å². The lowest BCUT2D eigenvalue weighted by atomic mass is 10.00. The number of hydrogen-bond acceptors (Lipinski definition) is 4. The number of hydrogen-bond donors (Lipinski definition) is 1. The molecule has 1 aromatic carbocycles. The Morgan fingerprint density at radius 2 is 2.16 bits per heavy atom. The third-order valence-corrected chi connectivity index (χ3v) is 3.47. The number of fused-ring (bicyclic) bond motifs is 1. The quantitative estimate of drug-likeness (QED) is 0.669. The number of carbonyl (C=O) groups excluding carboxylic acids is 2. The van der Waals surface area contributed by atoms with Crippen molar-refractivity contribution in [2.24, 2.45) is 0 Å². The van der Waals surface area contributed by atoms with E-state index in [1.54, 1.807) is 24.4 Å². The van der Waals surface area contributed by atoms with Crippen LogP contribution in [0.2, 0.25) is 0 Å². The van der Waals surface area contributed by atoms with Gasteiger partial charge < -0.3 is 5.32 Å². The first-order valence-electron chi connectivity index (χ1n) is 6.42. The van der Waals surface area contributed by atoms with Crippen LogP contribution >= 0.6 is 0 Å². The number of aromatic nitrogens is 1. The van der Waals surface area contributed by atoms with E-state index in [9.17, 15) is 9.59 Å². The smallest absolute Gasteiger partial charge is 0.230 e. The van der Waals surface area contributed by atoms with Crippen molar-refractivity contribution < 1.29 is 9.59 Å². The van der Waals surface area contributed by atoms with Gasteiger partial charge in [0.1, 0.15) is 0 Å². The Morgan fingerprint density at radius 3 is 2.95 bits per heavy atom. The molecule has 2 heterocycles. The maximum atomic E-state index is 12.2. The fourth-order valence-corrected chi connectivity index (χ4v) is 2.43. The monoisotopic (exact) mass is 254 g/mol. The number of pyridine rings is 1. The van der Waals surface area contributed by atoms with Crippen molar-refractivity contribution in [1.82, 2.24) is 10.3 Å². The van der Waals surface area contributed by atoms with Gasteiger partial charge in [-0.15, -0.1) is 0 Å². The number of nitrogens with one attached hydrogen (secondary N) is 1. The molecular weight excluding hydrogens is 240 g/mol. The molecule has 1 atom stereocenters. The van der Waals surface area contributed by atoms with Crippen molar-refractivity contribution in [2.75, 3.05) is 6.54 Å². The lowest BCUT2D eigenvalue weighted by Gasteiger charge is -2.08. The van der Waals surface area contributed by atoms with Crippen molar-refractivity contribution in [3.05, 3.63) is 42.1 Å². The van der Waals surface area contributed by atoms with E-state index in [1.807, 2.05) is 12.1 Å². The molecular formula is C15H14N2O2. The summed E-state index contributed by atoms with van der Waals surface area (Å²) < 4.78 is 0. The lowest BCUT2D eigenvalue weighted by Crippen LogP contribution is -2.35. The van der Waals surface area contributed by atoms with Crippen molar-refractivity contribution in [3.63, 3.8) is 0 Å². The molecule has 0 amide bonds. The Bertz CT molecular complexity index is 645. The minimum Gasteiger partial charge on any atom is -0.307 e. The van der Waals surface area contributed by atoms with Gasteiger partial charge in [0.25, 0.3) is 0 Å². The summed E-state index contributed by atoms with van der Waals surface area (Å²) in [4.78, 5) is 28.4. The molecule has 4 heteroatoms. The third-order valence-electron chi connectivity index (χ3n) is 3.47. The van der Waals surface area contributed by atoms with Gasteiger partial charge in [-0.25, -0.2) is 0 Å². The average molecular weight is 254 g/mol. The predicted molar refractivity (Wildman–Crippen MR) is 72.1 cm³/mol. The van der Waals surface area contributed by atoms with Crippen LogP contribution in [0.4, 0.5) is 0 Å². The highest BCUT2D eigenvalue weighted by Crippen LogP contribution is 2.16. The molecule has 1 aromatic heterocycles. The van der Waals surface area contributed by atoms with Crippen molar-refractivity contribution in [3.8, 4) is 0 Å². The molecule has 19 heavy (non-hydrogen) atoms. The summed E-state index contributed by atoms with van der Waals surface area (Å²) in [6.07, 6.45) is 3.41. The van der Waals surface area contributed by atoms with Crippen LogP contribution in [-0.2, 0) is 4.79 Å². The molecule has 4 nitrogen and oxygen atoms in total. The van der Waals surface area contributed by atoms with E-state index in [-0.39, 0.29) is 11.8 Å². The van der Waals surface area contributed by atoms with Gasteiger partial charge in [-0.2, -0.15) is 0 Å². The summed E-state index contributed by atoms with van der Waals surface area (Å²) in [6.45, 7) is 0.811. The fraction of sp³-hybridized carbons (Fsp3) is 0.267. The van der Waals surface area contributed by atoms with E-state index in [0.717, 1.165) is 30.3 Å². The Balaban J connectivity index is 1.90. The summed E-state index contributed by atoms with van der Waals surface area (Å²) in [5.41, 5.74) is 1.27. The van der Waals surface area contributed by atoms with E-state index in [2.05, 4.69) is 10.3 Å². The molecule has 1 saturated heterocycles. The zero-order chi connectivity index (χ0) is 13.2. The number of benzene rings is 1. The van der Waals surface area contributed by atoms with Gasteiger partial charge in [-0.1, -0.05) is 6.07 Å². The molecule has 0 spiro atoms.